The second kappa shape index (κ2) is 7.30. The van der Waals surface area contributed by atoms with Crippen LogP contribution in [0.1, 0.15) is 16.7 Å². The maximum absolute atomic E-state index is 9.07. The Morgan fingerprint density at radius 1 is 1.15 bits per heavy atom. The lowest BCUT2D eigenvalue weighted by Crippen LogP contribution is -2.08. The Hall–Kier alpha value is -3.30. The molecule has 1 aromatic heterocycles. The van der Waals surface area contributed by atoms with E-state index in [1.165, 1.54) is 10.6 Å². The molecule has 0 saturated heterocycles. The summed E-state index contributed by atoms with van der Waals surface area (Å²) in [6, 6.07) is 14.9. The Morgan fingerprint density at radius 3 is 2.42 bits per heavy atom. The molecule has 0 saturated carbocycles. The Kier molecular flexibility index (Phi) is 4.92. The summed E-state index contributed by atoms with van der Waals surface area (Å²) in [6.07, 6.45) is 1.45. The topological polar surface area (TPSA) is 88.1 Å². The number of aromatic nitrogens is 2. The van der Waals surface area contributed by atoms with Gasteiger partial charge in [-0.1, -0.05) is 18.2 Å². The minimum atomic E-state index is 0.201. The van der Waals surface area contributed by atoms with E-state index in [4.69, 9.17) is 27.5 Å². The standard InChI is InChI=1S/C19H16ClN5O/c1-12-8-14(10-21)9-13(2)17(12)26-18-16(22)11-23-19(24-18)25(20)15-6-4-3-5-7-15/h3-9,11H,22H2,1-2H3. The van der Waals surface area contributed by atoms with Crippen LogP contribution >= 0.6 is 11.8 Å². The lowest BCUT2D eigenvalue weighted by molar-refractivity contribution is 0.458. The van der Waals surface area contributed by atoms with Crippen LogP contribution in [-0.2, 0) is 0 Å². The first kappa shape index (κ1) is 17.5. The molecule has 26 heavy (non-hydrogen) atoms. The number of ether oxygens (including phenoxy) is 1. The van der Waals surface area contributed by atoms with E-state index in [9.17, 15) is 0 Å². The molecule has 0 amide bonds. The van der Waals surface area contributed by atoms with Crippen molar-refractivity contribution in [1.82, 2.24) is 9.97 Å². The van der Waals surface area contributed by atoms with Gasteiger partial charge in [-0.3, -0.25) is 0 Å². The number of hydrogen-bond donors (Lipinski definition) is 1. The van der Waals surface area contributed by atoms with Gasteiger partial charge in [-0.2, -0.15) is 10.2 Å². The van der Waals surface area contributed by atoms with E-state index < -0.39 is 0 Å². The second-order valence-electron chi connectivity index (χ2n) is 5.70. The van der Waals surface area contributed by atoms with E-state index in [1.54, 1.807) is 12.1 Å². The Balaban J connectivity index is 1.96. The monoisotopic (exact) mass is 365 g/mol. The normalized spacial score (nSPS) is 10.2. The maximum atomic E-state index is 9.07. The maximum Gasteiger partial charge on any atom is 0.248 e. The van der Waals surface area contributed by atoms with Gasteiger partial charge in [-0.15, -0.1) is 0 Å². The fraction of sp³-hybridized carbons (Fsp3) is 0.105. The molecule has 0 unspecified atom stereocenters. The lowest BCUT2D eigenvalue weighted by Gasteiger charge is -2.16. The zero-order chi connectivity index (χ0) is 18.7. The van der Waals surface area contributed by atoms with Gasteiger partial charge in [0.15, 0.2) is 0 Å². The summed E-state index contributed by atoms with van der Waals surface area (Å²) in [7, 11) is 0. The number of halogens is 1. The SMILES string of the molecule is Cc1cc(C#N)cc(C)c1Oc1nc(N(Cl)c2ccccc2)ncc1N. The van der Waals surface area contributed by atoms with E-state index in [0.29, 0.717) is 11.3 Å². The molecular formula is C19H16ClN5O. The van der Waals surface area contributed by atoms with Crippen molar-refractivity contribution in [2.24, 2.45) is 0 Å². The number of para-hydroxylation sites is 1. The van der Waals surface area contributed by atoms with Gasteiger partial charge < -0.3 is 10.5 Å². The molecule has 0 fully saturated rings. The zero-order valence-electron chi connectivity index (χ0n) is 14.3. The first-order valence-electron chi connectivity index (χ1n) is 7.82. The number of nitrogens with two attached hydrogens (primary N) is 1. The van der Waals surface area contributed by atoms with Crippen LogP contribution in [-0.4, -0.2) is 9.97 Å². The van der Waals surface area contributed by atoms with Gasteiger partial charge in [0, 0.05) is 11.8 Å². The van der Waals surface area contributed by atoms with Crippen LogP contribution in [0.15, 0.2) is 48.7 Å². The summed E-state index contributed by atoms with van der Waals surface area (Å²) in [5, 5.41) is 9.07. The van der Waals surface area contributed by atoms with E-state index in [-0.39, 0.29) is 17.5 Å². The molecule has 6 nitrogen and oxygen atoms in total. The number of anilines is 3. The molecule has 130 valence electrons. The third kappa shape index (κ3) is 3.53. The Morgan fingerprint density at radius 2 is 1.81 bits per heavy atom. The third-order valence-corrected chi connectivity index (χ3v) is 4.06. The Labute approximate surface area is 156 Å². The molecule has 0 bridgehead atoms. The average Bonchev–Trinajstić information content (AvgIpc) is 2.66. The fourth-order valence-electron chi connectivity index (χ4n) is 2.49. The van der Waals surface area contributed by atoms with Crippen LogP contribution < -0.4 is 14.9 Å². The minimum Gasteiger partial charge on any atom is -0.436 e. The molecule has 1 heterocycles. The highest BCUT2D eigenvalue weighted by molar-refractivity contribution is 6.28. The van der Waals surface area contributed by atoms with Crippen molar-refractivity contribution in [3.8, 4) is 17.7 Å². The van der Waals surface area contributed by atoms with Gasteiger partial charge in [0.1, 0.15) is 11.4 Å². The predicted octanol–water partition coefficient (Wildman–Crippen LogP) is 4.63. The quantitative estimate of drug-likeness (QED) is 0.678. The van der Waals surface area contributed by atoms with Crippen molar-refractivity contribution < 1.29 is 4.74 Å². The van der Waals surface area contributed by atoms with Crippen molar-refractivity contribution >= 4 is 29.1 Å². The third-order valence-electron chi connectivity index (χ3n) is 3.71. The van der Waals surface area contributed by atoms with Crippen LogP contribution in [0.3, 0.4) is 0 Å². The molecule has 0 atom stereocenters. The van der Waals surface area contributed by atoms with Crippen LogP contribution in [0, 0.1) is 25.2 Å². The van der Waals surface area contributed by atoms with Gasteiger partial charge in [-0.05, 0) is 49.2 Å². The molecule has 3 aromatic rings. The average molecular weight is 366 g/mol. The highest BCUT2D eigenvalue weighted by Gasteiger charge is 2.15. The lowest BCUT2D eigenvalue weighted by atomic mass is 10.1. The molecule has 2 aromatic carbocycles. The molecule has 0 spiro atoms. The second-order valence-corrected chi connectivity index (χ2v) is 6.04. The molecule has 3 rings (SSSR count). The van der Waals surface area contributed by atoms with Gasteiger partial charge in [0.2, 0.25) is 11.8 Å². The minimum absolute atomic E-state index is 0.201. The number of nitrogen functional groups attached to an aromatic ring is 1. The summed E-state index contributed by atoms with van der Waals surface area (Å²) in [5.74, 6) is 1.04. The van der Waals surface area contributed by atoms with Gasteiger partial charge in [0.05, 0.1) is 23.5 Å². The summed E-state index contributed by atoms with van der Waals surface area (Å²) in [6.45, 7) is 3.72. The smallest absolute Gasteiger partial charge is 0.248 e. The fourth-order valence-corrected chi connectivity index (χ4v) is 2.68. The zero-order valence-corrected chi connectivity index (χ0v) is 15.0. The summed E-state index contributed by atoms with van der Waals surface area (Å²) >= 11 is 6.34. The van der Waals surface area contributed by atoms with Crippen LogP contribution in [0.25, 0.3) is 0 Å². The molecule has 0 aliphatic rings. The number of benzene rings is 2. The molecule has 2 N–H and O–H groups in total. The highest BCUT2D eigenvalue weighted by Crippen LogP contribution is 2.33. The van der Waals surface area contributed by atoms with Gasteiger partial charge in [-0.25, -0.2) is 9.40 Å². The van der Waals surface area contributed by atoms with Crippen LogP contribution in [0.2, 0.25) is 0 Å². The van der Waals surface area contributed by atoms with Gasteiger partial charge in [0.25, 0.3) is 0 Å². The highest BCUT2D eigenvalue weighted by atomic mass is 35.5. The number of nitriles is 1. The summed E-state index contributed by atoms with van der Waals surface area (Å²) in [4.78, 5) is 8.50. The first-order chi connectivity index (χ1) is 12.5. The van der Waals surface area contributed by atoms with Crippen molar-refractivity contribution in [1.29, 1.82) is 5.26 Å². The van der Waals surface area contributed by atoms with Crippen molar-refractivity contribution in [2.75, 3.05) is 10.2 Å². The summed E-state index contributed by atoms with van der Waals surface area (Å²) in [5.41, 5.74) is 9.17. The van der Waals surface area contributed by atoms with Crippen LogP contribution in [0.4, 0.5) is 17.3 Å². The predicted molar refractivity (Wildman–Crippen MR) is 102 cm³/mol. The largest absolute Gasteiger partial charge is 0.436 e. The molecule has 0 radical (unpaired) electrons. The molecular weight excluding hydrogens is 350 g/mol. The van der Waals surface area contributed by atoms with E-state index in [0.717, 1.165) is 16.8 Å². The van der Waals surface area contributed by atoms with E-state index >= 15 is 0 Å². The summed E-state index contributed by atoms with van der Waals surface area (Å²) < 4.78 is 7.25. The number of hydrogen-bond acceptors (Lipinski definition) is 6. The molecule has 0 aliphatic heterocycles. The first-order valence-corrected chi connectivity index (χ1v) is 8.16. The number of aryl methyl sites for hydroxylation is 2. The van der Waals surface area contributed by atoms with Crippen molar-refractivity contribution in [3.05, 3.63) is 65.4 Å². The van der Waals surface area contributed by atoms with E-state index in [1.807, 2.05) is 44.2 Å². The van der Waals surface area contributed by atoms with Crippen molar-refractivity contribution in [3.63, 3.8) is 0 Å². The molecule has 0 aliphatic carbocycles. The van der Waals surface area contributed by atoms with Gasteiger partial charge >= 0.3 is 0 Å². The Bertz CT molecular complexity index is 962. The molecule has 7 heteroatoms. The van der Waals surface area contributed by atoms with Crippen molar-refractivity contribution in [2.45, 2.75) is 13.8 Å². The van der Waals surface area contributed by atoms with E-state index in [2.05, 4.69) is 16.0 Å². The number of nitrogens with zero attached hydrogens (tertiary/aromatic N) is 4. The number of rotatable bonds is 4. The van der Waals surface area contributed by atoms with Crippen LogP contribution in [0.5, 0.6) is 11.6 Å².